The van der Waals surface area contributed by atoms with Gasteiger partial charge in [-0.15, -0.1) is 0 Å². The number of halogens is 3. The molecule has 2 N–H and O–H groups in total. The predicted octanol–water partition coefficient (Wildman–Crippen LogP) is 2.59. The van der Waals surface area contributed by atoms with Gasteiger partial charge in [-0.25, -0.2) is 4.98 Å². The Morgan fingerprint density at radius 2 is 1.85 bits per heavy atom. The zero-order chi connectivity index (χ0) is 15.6. The molecule has 1 heterocycles. The van der Waals surface area contributed by atoms with Crippen LogP contribution in [-0.2, 0) is 6.18 Å². The summed E-state index contributed by atoms with van der Waals surface area (Å²) in [6.45, 7) is 5.57. The first-order chi connectivity index (χ1) is 9.01. The third-order valence-electron chi connectivity index (χ3n) is 1.92. The Balaban J connectivity index is 2.98. The molecule has 1 rings (SSSR count). The first-order valence-electron chi connectivity index (χ1n) is 5.61. The summed E-state index contributed by atoms with van der Waals surface area (Å²) in [5.41, 5.74) is -1.44. The van der Waals surface area contributed by atoms with Gasteiger partial charge in [-0.3, -0.25) is 0 Å². The van der Waals surface area contributed by atoms with Crippen molar-refractivity contribution in [2.75, 3.05) is 12.4 Å². The lowest BCUT2D eigenvalue weighted by atomic mass is 10.1. The summed E-state index contributed by atoms with van der Waals surface area (Å²) in [4.78, 5) is 7.13. The smallest absolute Gasteiger partial charge is 0.433 e. The highest BCUT2D eigenvalue weighted by Gasteiger charge is 2.34. The van der Waals surface area contributed by atoms with Crippen LogP contribution in [0.15, 0.2) is 6.07 Å². The van der Waals surface area contributed by atoms with Crippen molar-refractivity contribution in [3.05, 3.63) is 11.8 Å². The van der Waals surface area contributed by atoms with Crippen molar-refractivity contribution in [1.82, 2.24) is 15.3 Å². The molecule has 0 spiro atoms. The van der Waals surface area contributed by atoms with Crippen LogP contribution in [0.1, 0.15) is 26.5 Å². The summed E-state index contributed by atoms with van der Waals surface area (Å²) < 4.78 is 42.7. The Morgan fingerprint density at radius 3 is 2.30 bits per heavy atom. The van der Waals surface area contributed by atoms with Crippen LogP contribution in [0.4, 0.5) is 19.1 Å². The monoisotopic (exact) mass is 308 g/mol. The molecule has 1 aromatic heterocycles. The van der Waals surface area contributed by atoms with Gasteiger partial charge in [0.2, 0.25) is 11.8 Å². The first kappa shape index (κ1) is 16.4. The van der Waals surface area contributed by atoms with Gasteiger partial charge in [0.1, 0.15) is 0 Å². The molecule has 0 atom stereocenters. The molecular formula is C11H15F3N4OS. The largest absolute Gasteiger partial charge is 0.481 e. The highest BCUT2D eigenvalue weighted by atomic mass is 32.1. The number of ether oxygens (including phenoxy) is 1. The standard InChI is InChI=1S/C11H15F3N4OS/c1-10(2,3)18-9(20)17-8-15-6(11(12,13)14)5-7(16-8)19-4/h5H,1-4H3,(H2,15,16,17,18,20). The molecule has 0 saturated heterocycles. The zero-order valence-electron chi connectivity index (χ0n) is 11.4. The molecule has 0 bridgehead atoms. The maximum absolute atomic E-state index is 12.7. The molecule has 0 aromatic carbocycles. The lowest BCUT2D eigenvalue weighted by Crippen LogP contribution is -2.43. The summed E-state index contributed by atoms with van der Waals surface area (Å²) in [6.07, 6.45) is -4.59. The second-order valence-electron chi connectivity index (χ2n) is 4.95. The van der Waals surface area contributed by atoms with Crippen molar-refractivity contribution in [1.29, 1.82) is 0 Å². The third kappa shape index (κ3) is 5.16. The lowest BCUT2D eigenvalue weighted by Gasteiger charge is -2.22. The minimum atomic E-state index is -4.59. The number of nitrogens with one attached hydrogen (secondary N) is 2. The predicted molar refractivity (Wildman–Crippen MR) is 72.7 cm³/mol. The van der Waals surface area contributed by atoms with E-state index in [0.717, 1.165) is 0 Å². The van der Waals surface area contributed by atoms with Crippen LogP contribution in [0, 0.1) is 0 Å². The number of methoxy groups -OCH3 is 1. The van der Waals surface area contributed by atoms with Crippen LogP contribution < -0.4 is 15.4 Å². The molecule has 0 aliphatic heterocycles. The fourth-order valence-corrected chi connectivity index (χ4v) is 1.60. The molecule has 1 aromatic rings. The van der Waals surface area contributed by atoms with Gasteiger partial charge >= 0.3 is 6.18 Å². The van der Waals surface area contributed by atoms with E-state index in [4.69, 9.17) is 17.0 Å². The van der Waals surface area contributed by atoms with Gasteiger partial charge in [-0.1, -0.05) is 0 Å². The molecule has 0 aliphatic rings. The Bertz CT molecular complexity index is 499. The summed E-state index contributed by atoms with van der Waals surface area (Å²) in [5, 5.41) is 5.51. The SMILES string of the molecule is COc1cc(C(F)(F)F)nc(NC(=S)NC(C)(C)C)n1. The average molecular weight is 308 g/mol. The van der Waals surface area contributed by atoms with E-state index in [1.807, 2.05) is 20.8 Å². The molecular weight excluding hydrogens is 293 g/mol. The average Bonchev–Trinajstić information content (AvgIpc) is 2.24. The normalized spacial score (nSPS) is 11.9. The number of aromatic nitrogens is 2. The fraction of sp³-hybridized carbons (Fsp3) is 0.545. The van der Waals surface area contributed by atoms with Gasteiger partial charge < -0.3 is 15.4 Å². The van der Waals surface area contributed by atoms with Gasteiger partial charge in [-0.05, 0) is 33.0 Å². The van der Waals surface area contributed by atoms with Crippen LogP contribution in [-0.4, -0.2) is 27.7 Å². The molecule has 0 aliphatic carbocycles. The van der Waals surface area contributed by atoms with Crippen molar-refractivity contribution >= 4 is 23.3 Å². The fourth-order valence-electron chi connectivity index (χ4n) is 1.20. The maximum atomic E-state index is 12.7. The molecule has 0 fully saturated rings. The molecule has 0 unspecified atom stereocenters. The molecule has 0 amide bonds. The van der Waals surface area contributed by atoms with Crippen molar-refractivity contribution in [3.8, 4) is 5.88 Å². The van der Waals surface area contributed by atoms with E-state index in [9.17, 15) is 13.2 Å². The molecule has 5 nitrogen and oxygen atoms in total. The van der Waals surface area contributed by atoms with E-state index in [1.54, 1.807) is 0 Å². The third-order valence-corrected chi connectivity index (χ3v) is 2.12. The van der Waals surface area contributed by atoms with Crippen LogP contribution in [0.2, 0.25) is 0 Å². The number of anilines is 1. The molecule has 0 radical (unpaired) electrons. The lowest BCUT2D eigenvalue weighted by molar-refractivity contribution is -0.141. The van der Waals surface area contributed by atoms with Crippen LogP contribution in [0.5, 0.6) is 5.88 Å². The maximum Gasteiger partial charge on any atom is 0.433 e. The van der Waals surface area contributed by atoms with Crippen LogP contribution in [0.25, 0.3) is 0 Å². The van der Waals surface area contributed by atoms with Crippen LogP contribution in [0.3, 0.4) is 0 Å². The minimum absolute atomic E-state index is 0.124. The first-order valence-corrected chi connectivity index (χ1v) is 6.01. The highest BCUT2D eigenvalue weighted by molar-refractivity contribution is 7.80. The number of hydrogen-bond donors (Lipinski definition) is 2. The number of hydrogen-bond acceptors (Lipinski definition) is 4. The molecule has 9 heteroatoms. The minimum Gasteiger partial charge on any atom is -0.481 e. The van der Waals surface area contributed by atoms with Gasteiger partial charge in [0.05, 0.1) is 7.11 Å². The number of nitrogens with zero attached hydrogens (tertiary/aromatic N) is 2. The molecule has 112 valence electrons. The van der Waals surface area contributed by atoms with Gasteiger partial charge in [-0.2, -0.15) is 18.2 Å². The van der Waals surface area contributed by atoms with E-state index in [-0.39, 0.29) is 22.5 Å². The van der Waals surface area contributed by atoms with E-state index in [1.165, 1.54) is 7.11 Å². The second-order valence-corrected chi connectivity index (χ2v) is 5.35. The van der Waals surface area contributed by atoms with E-state index < -0.39 is 11.9 Å². The summed E-state index contributed by atoms with van der Waals surface area (Å²) in [6, 6.07) is 0.714. The van der Waals surface area contributed by atoms with Crippen molar-refractivity contribution in [2.24, 2.45) is 0 Å². The summed E-state index contributed by atoms with van der Waals surface area (Å²) >= 11 is 4.98. The second kappa shape index (κ2) is 5.78. The summed E-state index contributed by atoms with van der Waals surface area (Å²) in [7, 11) is 1.22. The van der Waals surface area contributed by atoms with E-state index in [2.05, 4.69) is 20.6 Å². The molecule has 0 saturated carbocycles. The number of thiocarbonyl (C=S) groups is 1. The van der Waals surface area contributed by atoms with Crippen molar-refractivity contribution in [3.63, 3.8) is 0 Å². The van der Waals surface area contributed by atoms with Crippen molar-refractivity contribution in [2.45, 2.75) is 32.5 Å². The van der Waals surface area contributed by atoms with E-state index in [0.29, 0.717) is 6.07 Å². The number of rotatable bonds is 2. The Hall–Kier alpha value is -1.64. The van der Waals surface area contributed by atoms with Crippen molar-refractivity contribution < 1.29 is 17.9 Å². The van der Waals surface area contributed by atoms with Gasteiger partial charge in [0.15, 0.2) is 10.8 Å². The van der Waals surface area contributed by atoms with Gasteiger partial charge in [0.25, 0.3) is 0 Å². The molecule has 20 heavy (non-hydrogen) atoms. The zero-order valence-corrected chi connectivity index (χ0v) is 12.2. The Labute approximate surface area is 119 Å². The topological polar surface area (TPSA) is 59.1 Å². The van der Waals surface area contributed by atoms with Crippen LogP contribution >= 0.6 is 12.2 Å². The Kier molecular flexibility index (Phi) is 4.74. The van der Waals surface area contributed by atoms with Gasteiger partial charge in [0, 0.05) is 11.6 Å². The van der Waals surface area contributed by atoms with E-state index >= 15 is 0 Å². The quantitative estimate of drug-likeness (QED) is 0.819. The number of alkyl halides is 3. The Morgan fingerprint density at radius 1 is 1.25 bits per heavy atom. The highest BCUT2D eigenvalue weighted by Crippen LogP contribution is 2.30. The summed E-state index contributed by atoms with van der Waals surface area (Å²) in [5.74, 6) is -0.480.